The first-order valence-corrected chi connectivity index (χ1v) is 6.87. The number of nitrogens with two attached hydrogens (primary N) is 1. The minimum atomic E-state index is 0.305. The molecule has 92 valence electrons. The highest BCUT2D eigenvalue weighted by Gasteiger charge is 2.41. The quantitative estimate of drug-likeness (QED) is 0.894. The number of fused-ring (bicyclic) bond motifs is 2. The Labute approximate surface area is 108 Å². The first-order chi connectivity index (χ1) is 8.29. The van der Waals surface area contributed by atoms with Gasteiger partial charge in [0.2, 0.25) is 0 Å². The molecular formula is C14H19ClN2. The maximum absolute atomic E-state index is 6.30. The molecule has 17 heavy (non-hydrogen) atoms. The molecule has 0 spiro atoms. The van der Waals surface area contributed by atoms with Gasteiger partial charge in [0.15, 0.2) is 0 Å². The molecule has 0 amide bonds. The SMILES string of the molecule is NCC(c1ccccc1Cl)N1CC2CCC1C2. The van der Waals surface area contributed by atoms with E-state index in [1.807, 2.05) is 12.1 Å². The lowest BCUT2D eigenvalue weighted by Gasteiger charge is -2.35. The van der Waals surface area contributed by atoms with Crippen molar-refractivity contribution in [1.29, 1.82) is 0 Å². The number of hydrogen-bond donors (Lipinski definition) is 1. The van der Waals surface area contributed by atoms with Crippen molar-refractivity contribution in [2.24, 2.45) is 11.7 Å². The summed E-state index contributed by atoms with van der Waals surface area (Å²) in [5, 5.41) is 0.853. The lowest BCUT2D eigenvalue weighted by atomic mass is 10.0. The molecule has 2 fully saturated rings. The van der Waals surface area contributed by atoms with E-state index >= 15 is 0 Å². The number of nitrogens with zero attached hydrogens (tertiary/aromatic N) is 1. The van der Waals surface area contributed by atoms with Gasteiger partial charge < -0.3 is 5.73 Å². The summed E-state index contributed by atoms with van der Waals surface area (Å²) in [4.78, 5) is 2.58. The zero-order chi connectivity index (χ0) is 11.8. The van der Waals surface area contributed by atoms with Crippen LogP contribution in [0, 0.1) is 5.92 Å². The van der Waals surface area contributed by atoms with E-state index in [0.717, 1.165) is 17.0 Å². The van der Waals surface area contributed by atoms with Gasteiger partial charge >= 0.3 is 0 Å². The van der Waals surface area contributed by atoms with Crippen molar-refractivity contribution in [1.82, 2.24) is 4.90 Å². The second kappa shape index (κ2) is 4.60. The van der Waals surface area contributed by atoms with E-state index in [4.69, 9.17) is 17.3 Å². The maximum Gasteiger partial charge on any atom is 0.0488 e. The molecule has 2 N–H and O–H groups in total. The van der Waals surface area contributed by atoms with E-state index in [2.05, 4.69) is 17.0 Å². The van der Waals surface area contributed by atoms with Gasteiger partial charge in [0, 0.05) is 30.2 Å². The molecule has 2 aliphatic rings. The van der Waals surface area contributed by atoms with Crippen LogP contribution in [0.5, 0.6) is 0 Å². The summed E-state index contributed by atoms with van der Waals surface area (Å²) < 4.78 is 0. The summed E-state index contributed by atoms with van der Waals surface area (Å²) in [6, 6.07) is 9.16. The third-order valence-electron chi connectivity index (χ3n) is 4.34. The summed E-state index contributed by atoms with van der Waals surface area (Å²) in [7, 11) is 0. The van der Waals surface area contributed by atoms with E-state index in [1.54, 1.807) is 0 Å². The Morgan fingerprint density at radius 2 is 2.18 bits per heavy atom. The van der Waals surface area contributed by atoms with Gasteiger partial charge in [0.1, 0.15) is 0 Å². The number of hydrogen-bond acceptors (Lipinski definition) is 2. The smallest absolute Gasteiger partial charge is 0.0488 e. The summed E-state index contributed by atoms with van der Waals surface area (Å²) in [6.45, 7) is 1.87. The molecule has 1 aromatic rings. The van der Waals surface area contributed by atoms with Gasteiger partial charge in [-0.1, -0.05) is 29.8 Å². The molecule has 1 aliphatic carbocycles. The van der Waals surface area contributed by atoms with Crippen LogP contribution in [0.3, 0.4) is 0 Å². The van der Waals surface area contributed by atoms with Crippen LogP contribution in [0.4, 0.5) is 0 Å². The zero-order valence-electron chi connectivity index (χ0n) is 9.98. The highest BCUT2D eigenvalue weighted by molar-refractivity contribution is 6.31. The zero-order valence-corrected chi connectivity index (χ0v) is 10.7. The summed E-state index contributed by atoms with van der Waals surface area (Å²) >= 11 is 6.30. The topological polar surface area (TPSA) is 29.3 Å². The van der Waals surface area contributed by atoms with Crippen molar-refractivity contribution in [3.63, 3.8) is 0 Å². The molecule has 0 aromatic heterocycles. The summed E-state index contributed by atoms with van der Waals surface area (Å²) in [5.74, 6) is 0.900. The third-order valence-corrected chi connectivity index (χ3v) is 4.68. The Hall–Kier alpha value is -0.570. The minimum Gasteiger partial charge on any atom is -0.329 e. The Morgan fingerprint density at radius 1 is 1.35 bits per heavy atom. The predicted molar refractivity (Wildman–Crippen MR) is 71.1 cm³/mol. The number of likely N-dealkylation sites (tertiary alicyclic amines) is 1. The lowest BCUT2D eigenvalue weighted by Crippen LogP contribution is -2.39. The molecular weight excluding hydrogens is 232 g/mol. The molecule has 0 radical (unpaired) electrons. The summed E-state index contributed by atoms with van der Waals surface area (Å²) in [6.07, 6.45) is 4.10. The van der Waals surface area contributed by atoms with Gasteiger partial charge in [-0.05, 0) is 36.8 Å². The van der Waals surface area contributed by atoms with Crippen LogP contribution in [-0.2, 0) is 0 Å². The average molecular weight is 251 g/mol. The van der Waals surface area contributed by atoms with Gasteiger partial charge in [0.05, 0.1) is 0 Å². The molecule has 3 atom stereocenters. The molecule has 1 aromatic carbocycles. The lowest BCUT2D eigenvalue weighted by molar-refractivity contribution is 0.153. The van der Waals surface area contributed by atoms with Crippen LogP contribution in [0.15, 0.2) is 24.3 Å². The highest BCUT2D eigenvalue weighted by Crippen LogP contribution is 2.42. The van der Waals surface area contributed by atoms with Crippen molar-refractivity contribution in [2.75, 3.05) is 13.1 Å². The minimum absolute atomic E-state index is 0.305. The Bertz CT molecular complexity index is 407. The van der Waals surface area contributed by atoms with E-state index in [9.17, 15) is 0 Å². The van der Waals surface area contributed by atoms with E-state index < -0.39 is 0 Å². The Morgan fingerprint density at radius 3 is 2.76 bits per heavy atom. The van der Waals surface area contributed by atoms with Crippen molar-refractivity contribution in [2.45, 2.75) is 31.3 Å². The Kier molecular flexibility index (Phi) is 3.12. The summed E-state index contributed by atoms with van der Waals surface area (Å²) in [5.41, 5.74) is 7.18. The van der Waals surface area contributed by atoms with Gasteiger partial charge in [-0.2, -0.15) is 0 Å². The van der Waals surface area contributed by atoms with Crippen LogP contribution < -0.4 is 5.73 Å². The predicted octanol–water partition coefficient (Wildman–Crippen LogP) is 2.82. The highest BCUT2D eigenvalue weighted by atomic mass is 35.5. The number of rotatable bonds is 3. The van der Waals surface area contributed by atoms with Crippen LogP contribution in [0.25, 0.3) is 0 Å². The number of halogens is 1. The molecule has 2 bridgehead atoms. The molecule has 3 rings (SSSR count). The second-order valence-corrected chi connectivity index (χ2v) is 5.71. The Balaban J connectivity index is 1.87. The van der Waals surface area contributed by atoms with Crippen LogP contribution in [-0.4, -0.2) is 24.0 Å². The molecule has 3 heteroatoms. The maximum atomic E-state index is 6.30. The van der Waals surface area contributed by atoms with Crippen molar-refractivity contribution < 1.29 is 0 Å². The monoisotopic (exact) mass is 250 g/mol. The molecule has 1 aliphatic heterocycles. The molecule has 1 heterocycles. The van der Waals surface area contributed by atoms with E-state index in [0.29, 0.717) is 12.6 Å². The van der Waals surface area contributed by atoms with Gasteiger partial charge in [-0.25, -0.2) is 0 Å². The number of benzene rings is 1. The van der Waals surface area contributed by atoms with Crippen LogP contribution >= 0.6 is 11.6 Å². The van der Waals surface area contributed by atoms with Gasteiger partial charge in [0.25, 0.3) is 0 Å². The fourth-order valence-corrected chi connectivity index (χ4v) is 3.79. The first-order valence-electron chi connectivity index (χ1n) is 6.50. The normalized spacial score (nSPS) is 29.8. The van der Waals surface area contributed by atoms with Gasteiger partial charge in [-0.3, -0.25) is 4.90 Å². The largest absolute Gasteiger partial charge is 0.329 e. The number of piperidine rings is 1. The van der Waals surface area contributed by atoms with Crippen LogP contribution in [0.2, 0.25) is 5.02 Å². The van der Waals surface area contributed by atoms with Crippen molar-refractivity contribution in [3.05, 3.63) is 34.9 Å². The van der Waals surface area contributed by atoms with Crippen molar-refractivity contribution in [3.8, 4) is 0 Å². The molecule has 1 saturated heterocycles. The second-order valence-electron chi connectivity index (χ2n) is 5.30. The fourth-order valence-electron chi connectivity index (χ4n) is 3.53. The molecule has 3 unspecified atom stereocenters. The molecule has 2 nitrogen and oxygen atoms in total. The standard InChI is InChI=1S/C14H19ClN2/c15-13-4-2-1-3-12(13)14(8-16)17-9-10-5-6-11(17)7-10/h1-4,10-11,14H,5-9,16H2. The molecule has 1 saturated carbocycles. The average Bonchev–Trinajstić information content (AvgIpc) is 2.95. The van der Waals surface area contributed by atoms with Crippen molar-refractivity contribution >= 4 is 11.6 Å². The van der Waals surface area contributed by atoms with Crippen LogP contribution in [0.1, 0.15) is 30.9 Å². The fraction of sp³-hybridized carbons (Fsp3) is 0.571. The van der Waals surface area contributed by atoms with E-state index in [-0.39, 0.29) is 0 Å². The van der Waals surface area contributed by atoms with E-state index in [1.165, 1.54) is 31.4 Å². The first kappa shape index (κ1) is 11.5. The van der Waals surface area contributed by atoms with Gasteiger partial charge in [-0.15, -0.1) is 0 Å². The third kappa shape index (κ3) is 1.99.